The Balaban J connectivity index is 1.58. The van der Waals surface area contributed by atoms with Crippen LogP contribution in [0.2, 0.25) is 0 Å². The van der Waals surface area contributed by atoms with E-state index in [1.807, 2.05) is 19.1 Å². The molecular formula is C26H30O3. The van der Waals surface area contributed by atoms with E-state index < -0.39 is 0 Å². The van der Waals surface area contributed by atoms with Crippen LogP contribution in [-0.4, -0.2) is 17.9 Å². The summed E-state index contributed by atoms with van der Waals surface area (Å²) >= 11 is 0. The van der Waals surface area contributed by atoms with Crippen LogP contribution in [0.25, 0.3) is 11.1 Å². The van der Waals surface area contributed by atoms with Crippen LogP contribution in [0, 0.1) is 0 Å². The summed E-state index contributed by atoms with van der Waals surface area (Å²) in [6, 6.07) is 17.0. The lowest BCUT2D eigenvalue weighted by Gasteiger charge is -2.28. The highest BCUT2D eigenvalue weighted by Crippen LogP contribution is 2.35. The summed E-state index contributed by atoms with van der Waals surface area (Å²) in [7, 11) is 0. The Kier molecular flexibility index (Phi) is 7.03. The molecule has 1 aliphatic carbocycles. The van der Waals surface area contributed by atoms with Crippen molar-refractivity contribution in [3.63, 3.8) is 0 Å². The van der Waals surface area contributed by atoms with E-state index >= 15 is 0 Å². The van der Waals surface area contributed by atoms with Gasteiger partial charge in [0.25, 0.3) is 0 Å². The summed E-state index contributed by atoms with van der Waals surface area (Å²) in [5.74, 6) is 0.533. The number of hydrogen-bond acceptors (Lipinski definition) is 3. The van der Waals surface area contributed by atoms with Crippen molar-refractivity contribution >= 4 is 11.8 Å². The van der Waals surface area contributed by atoms with E-state index in [9.17, 15) is 9.59 Å². The molecular weight excluding hydrogens is 360 g/mol. The minimum absolute atomic E-state index is 0.0845. The van der Waals surface area contributed by atoms with Crippen molar-refractivity contribution in [1.29, 1.82) is 0 Å². The molecule has 0 bridgehead atoms. The molecule has 0 spiro atoms. The number of rotatable bonds is 7. The van der Waals surface area contributed by atoms with Gasteiger partial charge in [-0.3, -0.25) is 9.59 Å². The van der Waals surface area contributed by atoms with Gasteiger partial charge >= 0.3 is 5.97 Å². The molecule has 0 N–H and O–H groups in total. The van der Waals surface area contributed by atoms with Crippen molar-refractivity contribution in [3.05, 3.63) is 71.8 Å². The van der Waals surface area contributed by atoms with Crippen LogP contribution in [0.15, 0.2) is 60.7 Å². The maximum atomic E-state index is 11.8. The van der Waals surface area contributed by atoms with E-state index in [4.69, 9.17) is 4.74 Å². The van der Waals surface area contributed by atoms with E-state index in [-0.39, 0.29) is 17.9 Å². The molecule has 1 aliphatic rings. The van der Waals surface area contributed by atoms with Gasteiger partial charge in [-0.25, -0.2) is 0 Å². The number of ether oxygens (including phenoxy) is 1. The number of benzene rings is 2. The highest BCUT2D eigenvalue weighted by Gasteiger charge is 2.24. The lowest BCUT2D eigenvalue weighted by atomic mass is 9.82. The number of esters is 1. The fourth-order valence-electron chi connectivity index (χ4n) is 3.88. The number of carbonyl (C=O) groups is 2. The summed E-state index contributed by atoms with van der Waals surface area (Å²) in [5, 5.41) is 0. The molecule has 0 aromatic heterocycles. The molecule has 1 fully saturated rings. The van der Waals surface area contributed by atoms with Crippen LogP contribution in [-0.2, 0) is 20.7 Å². The molecule has 29 heavy (non-hydrogen) atoms. The van der Waals surface area contributed by atoms with Crippen molar-refractivity contribution in [3.8, 4) is 11.1 Å². The first-order valence-electron chi connectivity index (χ1n) is 10.5. The average molecular weight is 391 g/mol. The molecule has 0 aliphatic heterocycles. The van der Waals surface area contributed by atoms with Crippen molar-refractivity contribution in [1.82, 2.24) is 0 Å². The summed E-state index contributed by atoms with van der Waals surface area (Å²) in [5.41, 5.74) is 5.30. The largest absolute Gasteiger partial charge is 0.462 e. The van der Waals surface area contributed by atoms with Gasteiger partial charge in [0, 0.05) is 12.8 Å². The number of carbonyl (C=O) groups excluding carboxylic acids is 2. The Morgan fingerprint density at radius 3 is 2.00 bits per heavy atom. The molecule has 152 valence electrons. The van der Waals surface area contributed by atoms with Crippen molar-refractivity contribution in [2.24, 2.45) is 0 Å². The predicted octanol–water partition coefficient (Wildman–Crippen LogP) is 6.02. The molecule has 2 aromatic rings. The van der Waals surface area contributed by atoms with Gasteiger partial charge in [-0.15, -0.1) is 0 Å². The molecule has 1 saturated carbocycles. The van der Waals surface area contributed by atoms with Gasteiger partial charge in [0.15, 0.2) is 5.78 Å². The average Bonchev–Trinajstić information content (AvgIpc) is 2.75. The quantitative estimate of drug-likeness (QED) is 0.429. The topological polar surface area (TPSA) is 43.4 Å². The third-order valence-corrected chi connectivity index (χ3v) is 5.77. The predicted molar refractivity (Wildman–Crippen MR) is 117 cm³/mol. The van der Waals surface area contributed by atoms with Crippen molar-refractivity contribution in [2.75, 3.05) is 0 Å². The highest BCUT2D eigenvalue weighted by atomic mass is 16.5. The fraction of sp³-hybridized carbons (Fsp3) is 0.385. The molecule has 3 heteroatoms. The second-order valence-corrected chi connectivity index (χ2v) is 8.02. The zero-order valence-electron chi connectivity index (χ0n) is 17.4. The molecule has 0 atom stereocenters. The standard InChI is InChI=1S/C26H30O3/c1-4-26(28)29-24-15-13-23(14-16-24)22-11-9-21(10-12-22)20-7-5-19(6-8-20)17-25(27)18(2)3/h5-12,23-24H,2,4,13-17H2,1,3H3. The van der Waals surface area contributed by atoms with Gasteiger partial charge < -0.3 is 4.74 Å². The number of ketones is 1. The van der Waals surface area contributed by atoms with Crippen molar-refractivity contribution in [2.45, 2.75) is 64.4 Å². The molecule has 0 unspecified atom stereocenters. The zero-order valence-corrected chi connectivity index (χ0v) is 17.4. The summed E-state index contributed by atoms with van der Waals surface area (Å²) in [4.78, 5) is 23.3. The molecule has 3 nitrogen and oxygen atoms in total. The molecule has 3 rings (SSSR count). The second-order valence-electron chi connectivity index (χ2n) is 8.02. The highest BCUT2D eigenvalue weighted by molar-refractivity contribution is 5.95. The first-order valence-corrected chi connectivity index (χ1v) is 10.5. The normalized spacial score (nSPS) is 18.8. The van der Waals surface area contributed by atoms with Gasteiger partial charge in [-0.1, -0.05) is 62.0 Å². The second kappa shape index (κ2) is 9.69. The van der Waals surface area contributed by atoms with E-state index in [0.717, 1.165) is 36.8 Å². The third kappa shape index (κ3) is 5.66. The Morgan fingerprint density at radius 1 is 0.931 bits per heavy atom. The summed E-state index contributed by atoms with van der Waals surface area (Å²) < 4.78 is 5.48. The lowest BCUT2D eigenvalue weighted by Crippen LogP contribution is -2.23. The SMILES string of the molecule is C=C(C)C(=O)Cc1ccc(-c2ccc(C3CCC(OC(=O)CC)CC3)cc2)cc1. The van der Waals surface area contributed by atoms with E-state index in [1.54, 1.807) is 6.92 Å². The third-order valence-electron chi connectivity index (χ3n) is 5.77. The van der Waals surface area contributed by atoms with Crippen LogP contribution >= 0.6 is 0 Å². The van der Waals surface area contributed by atoms with E-state index in [2.05, 4.69) is 43.0 Å². The van der Waals surface area contributed by atoms with Gasteiger partial charge in [0.2, 0.25) is 0 Å². The number of hydrogen-bond donors (Lipinski definition) is 0. The van der Waals surface area contributed by atoms with Gasteiger partial charge in [-0.05, 0) is 66.4 Å². The maximum absolute atomic E-state index is 11.8. The first-order chi connectivity index (χ1) is 14.0. The van der Waals surface area contributed by atoms with Crippen LogP contribution < -0.4 is 0 Å². The minimum atomic E-state index is -0.0900. The molecule has 0 radical (unpaired) electrons. The Hall–Kier alpha value is -2.68. The molecule has 0 heterocycles. The van der Waals surface area contributed by atoms with Gasteiger partial charge in [-0.2, -0.15) is 0 Å². The van der Waals surface area contributed by atoms with Crippen LogP contribution in [0.3, 0.4) is 0 Å². The van der Waals surface area contributed by atoms with Crippen molar-refractivity contribution < 1.29 is 14.3 Å². The van der Waals surface area contributed by atoms with E-state index in [1.165, 1.54) is 11.1 Å². The lowest BCUT2D eigenvalue weighted by molar-refractivity contribution is -0.150. The minimum Gasteiger partial charge on any atom is -0.462 e. The maximum Gasteiger partial charge on any atom is 0.305 e. The molecule has 0 amide bonds. The monoisotopic (exact) mass is 390 g/mol. The summed E-state index contributed by atoms with van der Waals surface area (Å²) in [6.07, 6.45) is 4.97. The number of Topliss-reactive ketones (excluding diaryl/α,β-unsaturated/α-hetero) is 1. The Labute approximate surface area is 173 Å². The number of allylic oxidation sites excluding steroid dienone is 1. The Morgan fingerprint density at radius 2 is 1.48 bits per heavy atom. The van der Waals surface area contributed by atoms with Crippen LogP contribution in [0.1, 0.15) is 63.0 Å². The first kappa shape index (κ1) is 21.0. The van der Waals surface area contributed by atoms with Crippen LogP contribution in [0.5, 0.6) is 0 Å². The van der Waals surface area contributed by atoms with E-state index in [0.29, 0.717) is 24.3 Å². The molecule has 0 saturated heterocycles. The van der Waals surface area contributed by atoms with Gasteiger partial charge in [0.05, 0.1) is 0 Å². The summed E-state index contributed by atoms with van der Waals surface area (Å²) in [6.45, 7) is 7.30. The Bertz CT molecular complexity index is 854. The smallest absolute Gasteiger partial charge is 0.305 e. The van der Waals surface area contributed by atoms with Gasteiger partial charge in [0.1, 0.15) is 6.10 Å². The van der Waals surface area contributed by atoms with Crippen LogP contribution in [0.4, 0.5) is 0 Å². The molecule has 2 aromatic carbocycles. The zero-order chi connectivity index (χ0) is 20.8. The fourth-order valence-corrected chi connectivity index (χ4v) is 3.88.